The number of benzene rings is 1. The van der Waals surface area contributed by atoms with Crippen molar-refractivity contribution in [1.82, 2.24) is 19.4 Å². The van der Waals surface area contributed by atoms with Crippen LogP contribution in [0, 0.1) is 0 Å². The number of imidazole rings is 1. The van der Waals surface area contributed by atoms with Gasteiger partial charge in [-0.15, -0.1) is 0 Å². The number of likely N-dealkylation sites (tertiary alicyclic amines) is 1. The van der Waals surface area contributed by atoms with Gasteiger partial charge in [0.1, 0.15) is 5.52 Å². The molecule has 4 rings (SSSR count). The van der Waals surface area contributed by atoms with Crippen LogP contribution >= 0.6 is 0 Å². The molecule has 1 aromatic heterocycles. The molecule has 0 aliphatic carbocycles. The molecule has 2 N–H and O–H groups in total. The zero-order valence-electron chi connectivity index (χ0n) is 20.3. The van der Waals surface area contributed by atoms with Gasteiger partial charge in [0.05, 0.1) is 5.52 Å². The Morgan fingerprint density at radius 3 is 2.73 bits per heavy atom. The third kappa shape index (κ3) is 5.61. The van der Waals surface area contributed by atoms with Crippen LogP contribution < -0.4 is 15.4 Å². The molecule has 0 saturated carbocycles. The fourth-order valence-corrected chi connectivity index (χ4v) is 5.52. The highest BCUT2D eigenvalue weighted by atomic mass is 16.5. The molecule has 8 nitrogen and oxygen atoms in total. The number of carbonyl (C=O) groups excluding carboxylic acids is 1. The molecule has 182 valence electrons. The molecule has 1 unspecified atom stereocenters. The molecule has 3 heterocycles. The summed E-state index contributed by atoms with van der Waals surface area (Å²) in [5.74, 6) is 1.42. The average Bonchev–Trinajstić information content (AvgIpc) is 3.02. The number of carbonyl (C=O) groups is 1. The molecule has 1 amide bonds. The molecule has 2 aliphatic rings. The van der Waals surface area contributed by atoms with Crippen LogP contribution in [0.3, 0.4) is 0 Å². The zero-order chi connectivity index (χ0) is 23.2. The van der Waals surface area contributed by atoms with Gasteiger partial charge < -0.3 is 24.8 Å². The van der Waals surface area contributed by atoms with Crippen LogP contribution in [0.4, 0.5) is 10.7 Å². The Labute approximate surface area is 197 Å². The largest absolute Gasteiger partial charge is 0.410 e. The van der Waals surface area contributed by atoms with Crippen LogP contribution in [0.25, 0.3) is 11.0 Å². The van der Waals surface area contributed by atoms with Gasteiger partial charge in [-0.2, -0.15) is 0 Å². The van der Waals surface area contributed by atoms with E-state index in [0.29, 0.717) is 17.3 Å². The number of nitrogens with two attached hydrogens (primary N) is 1. The van der Waals surface area contributed by atoms with Crippen molar-refractivity contribution in [1.29, 1.82) is 0 Å². The first-order valence-electron chi connectivity index (χ1n) is 12.8. The molecule has 33 heavy (non-hydrogen) atoms. The number of primary amides is 1. The standard InChI is InChI=1S/C25H40N6O2/c1-3-12-28-13-8-15-30(17-16-28)25-27-23-21(10-7-11-22(23)33-24(26)32)31(25)19-18-29-14-6-5-9-20(29)4-2/h7,10-11,20H,3-6,8-9,12-19H2,1-2H3,(H2,26,32). The maximum Gasteiger partial charge on any atom is 0.410 e. The molecule has 1 aromatic carbocycles. The summed E-state index contributed by atoms with van der Waals surface area (Å²) < 4.78 is 7.64. The van der Waals surface area contributed by atoms with E-state index in [1.54, 1.807) is 6.07 Å². The first-order chi connectivity index (χ1) is 16.1. The fraction of sp³-hybridized carbons (Fsp3) is 0.680. The number of anilines is 1. The molecule has 2 saturated heterocycles. The Morgan fingerprint density at radius 1 is 1.06 bits per heavy atom. The average molecular weight is 457 g/mol. The maximum atomic E-state index is 11.5. The minimum atomic E-state index is -0.803. The number of amides is 1. The highest BCUT2D eigenvalue weighted by Gasteiger charge is 2.25. The number of fused-ring (bicyclic) bond motifs is 1. The number of rotatable bonds is 8. The summed E-state index contributed by atoms with van der Waals surface area (Å²) in [7, 11) is 0. The predicted molar refractivity (Wildman–Crippen MR) is 133 cm³/mol. The van der Waals surface area contributed by atoms with E-state index in [4.69, 9.17) is 15.5 Å². The first-order valence-corrected chi connectivity index (χ1v) is 12.8. The van der Waals surface area contributed by atoms with Crippen LogP contribution in [-0.2, 0) is 6.54 Å². The number of piperidine rings is 1. The van der Waals surface area contributed by atoms with Gasteiger partial charge in [-0.25, -0.2) is 9.78 Å². The van der Waals surface area contributed by atoms with Crippen molar-refractivity contribution in [3.63, 3.8) is 0 Å². The van der Waals surface area contributed by atoms with Gasteiger partial charge in [0, 0.05) is 38.8 Å². The second-order valence-electron chi connectivity index (χ2n) is 9.38. The number of hydrogen-bond donors (Lipinski definition) is 1. The summed E-state index contributed by atoms with van der Waals surface area (Å²) in [6.07, 6.45) is 6.62. The SMILES string of the molecule is CCCN1CCCN(c2nc3c(OC(N)=O)cccc3n2CCN2CCCCC2CC)CC1. The summed E-state index contributed by atoms with van der Waals surface area (Å²) in [4.78, 5) is 24.1. The molecule has 1 atom stereocenters. The van der Waals surface area contributed by atoms with E-state index >= 15 is 0 Å². The van der Waals surface area contributed by atoms with Crippen molar-refractivity contribution in [3.8, 4) is 5.75 Å². The Hall–Kier alpha value is -2.32. The van der Waals surface area contributed by atoms with Gasteiger partial charge in [0.15, 0.2) is 5.75 Å². The smallest absolute Gasteiger partial charge is 0.408 e. The summed E-state index contributed by atoms with van der Waals surface area (Å²) in [5, 5.41) is 0. The third-order valence-corrected chi connectivity index (χ3v) is 7.17. The Kier molecular flexibility index (Phi) is 8.09. The van der Waals surface area contributed by atoms with Crippen LogP contribution in [0.15, 0.2) is 18.2 Å². The van der Waals surface area contributed by atoms with Crippen LogP contribution in [0.2, 0.25) is 0 Å². The van der Waals surface area contributed by atoms with Crippen LogP contribution in [0.1, 0.15) is 52.4 Å². The Balaban J connectivity index is 1.64. The van der Waals surface area contributed by atoms with E-state index in [2.05, 4.69) is 39.2 Å². The van der Waals surface area contributed by atoms with Gasteiger partial charge in [-0.3, -0.25) is 4.90 Å². The molecule has 0 radical (unpaired) electrons. The predicted octanol–water partition coefficient (Wildman–Crippen LogP) is 3.68. The number of para-hydroxylation sites is 1. The lowest BCUT2D eigenvalue weighted by Gasteiger charge is -2.35. The normalized spacial score (nSPS) is 20.8. The van der Waals surface area contributed by atoms with E-state index in [-0.39, 0.29) is 0 Å². The number of aromatic nitrogens is 2. The maximum absolute atomic E-state index is 11.5. The minimum Gasteiger partial charge on any atom is -0.408 e. The minimum absolute atomic E-state index is 0.437. The van der Waals surface area contributed by atoms with Crippen molar-refractivity contribution in [2.24, 2.45) is 5.73 Å². The van der Waals surface area contributed by atoms with E-state index < -0.39 is 6.09 Å². The van der Waals surface area contributed by atoms with Gasteiger partial charge >= 0.3 is 6.09 Å². The van der Waals surface area contributed by atoms with E-state index in [1.165, 1.54) is 38.6 Å². The molecule has 2 aromatic rings. The van der Waals surface area contributed by atoms with E-state index in [0.717, 1.165) is 63.7 Å². The molecule has 0 spiro atoms. The van der Waals surface area contributed by atoms with Crippen molar-refractivity contribution in [3.05, 3.63) is 18.2 Å². The Bertz CT molecular complexity index is 929. The molecular formula is C25H40N6O2. The van der Waals surface area contributed by atoms with Gasteiger partial charge in [-0.1, -0.05) is 26.3 Å². The summed E-state index contributed by atoms with van der Waals surface area (Å²) >= 11 is 0. The first kappa shape index (κ1) is 23.8. The quantitative estimate of drug-likeness (QED) is 0.653. The number of hydrogen-bond acceptors (Lipinski definition) is 6. The van der Waals surface area contributed by atoms with Gasteiger partial charge in [0.25, 0.3) is 0 Å². The number of nitrogens with zero attached hydrogens (tertiary/aromatic N) is 5. The Morgan fingerprint density at radius 2 is 1.94 bits per heavy atom. The van der Waals surface area contributed by atoms with Crippen molar-refractivity contribution in [2.75, 3.05) is 50.7 Å². The monoisotopic (exact) mass is 456 g/mol. The topological polar surface area (TPSA) is 79.9 Å². The molecule has 8 heteroatoms. The number of ether oxygens (including phenoxy) is 1. The highest BCUT2D eigenvalue weighted by molar-refractivity contribution is 5.87. The van der Waals surface area contributed by atoms with Crippen molar-refractivity contribution in [2.45, 2.75) is 65.0 Å². The summed E-state index contributed by atoms with van der Waals surface area (Å²) in [5.41, 5.74) is 7.05. The molecule has 2 aliphatic heterocycles. The third-order valence-electron chi connectivity index (χ3n) is 7.17. The lowest BCUT2D eigenvalue weighted by Crippen LogP contribution is -2.41. The highest BCUT2D eigenvalue weighted by Crippen LogP contribution is 2.31. The van der Waals surface area contributed by atoms with Crippen LogP contribution in [0.5, 0.6) is 5.75 Å². The fourth-order valence-electron chi connectivity index (χ4n) is 5.52. The summed E-state index contributed by atoms with van der Waals surface area (Å²) in [6, 6.07) is 6.45. The van der Waals surface area contributed by atoms with Gasteiger partial charge in [0.2, 0.25) is 5.95 Å². The van der Waals surface area contributed by atoms with E-state index in [9.17, 15) is 4.79 Å². The lowest BCUT2D eigenvalue weighted by molar-refractivity contribution is 0.139. The second kappa shape index (κ2) is 11.2. The molecular weight excluding hydrogens is 416 g/mol. The van der Waals surface area contributed by atoms with Crippen LogP contribution in [-0.4, -0.2) is 77.3 Å². The summed E-state index contributed by atoms with van der Waals surface area (Å²) in [6.45, 7) is 12.9. The lowest BCUT2D eigenvalue weighted by atomic mass is 10.0. The van der Waals surface area contributed by atoms with Crippen molar-refractivity contribution < 1.29 is 9.53 Å². The zero-order valence-corrected chi connectivity index (χ0v) is 20.3. The van der Waals surface area contributed by atoms with Gasteiger partial charge in [-0.05, 0) is 63.9 Å². The molecule has 2 fully saturated rings. The van der Waals surface area contributed by atoms with Crippen molar-refractivity contribution >= 4 is 23.1 Å². The second-order valence-corrected chi connectivity index (χ2v) is 9.38. The van der Waals surface area contributed by atoms with E-state index in [1.807, 2.05) is 6.07 Å². The molecule has 0 bridgehead atoms.